The molecule has 2 rings (SSSR count). The number of alkyl halides is 2. The van der Waals surface area contributed by atoms with Crippen molar-refractivity contribution in [1.29, 1.82) is 0 Å². The number of hydrogen-bond donors (Lipinski definition) is 1. The van der Waals surface area contributed by atoms with Crippen LogP contribution in [0.3, 0.4) is 0 Å². The predicted molar refractivity (Wildman–Crippen MR) is 60.0 cm³/mol. The van der Waals surface area contributed by atoms with Crippen molar-refractivity contribution in [3.63, 3.8) is 0 Å². The maximum Gasteiger partial charge on any atom is 0.233 e. The van der Waals surface area contributed by atoms with Gasteiger partial charge in [-0.15, -0.1) is 23.2 Å². The van der Waals surface area contributed by atoms with Crippen LogP contribution >= 0.6 is 23.2 Å². The van der Waals surface area contributed by atoms with Gasteiger partial charge in [0.1, 0.15) is 4.33 Å². The molecule has 5 heteroatoms. The third-order valence-corrected chi connectivity index (χ3v) is 3.78. The van der Waals surface area contributed by atoms with Gasteiger partial charge in [0.25, 0.3) is 0 Å². The lowest BCUT2D eigenvalue weighted by Gasteiger charge is -2.11. The van der Waals surface area contributed by atoms with E-state index in [1.807, 2.05) is 0 Å². The van der Waals surface area contributed by atoms with Crippen LogP contribution < -0.4 is 5.32 Å². The summed E-state index contributed by atoms with van der Waals surface area (Å²) in [5.41, 5.74) is -0.0360. The van der Waals surface area contributed by atoms with Gasteiger partial charge in [-0.25, -0.2) is 0 Å². The van der Waals surface area contributed by atoms with Crippen molar-refractivity contribution in [2.45, 2.75) is 17.7 Å². The van der Waals surface area contributed by atoms with Crippen molar-refractivity contribution in [2.75, 3.05) is 5.32 Å². The summed E-state index contributed by atoms with van der Waals surface area (Å²) in [6.45, 7) is 1.75. The van der Waals surface area contributed by atoms with Crippen molar-refractivity contribution >= 4 is 34.8 Å². The highest BCUT2D eigenvalue weighted by atomic mass is 35.5. The Bertz CT molecular complexity index is 394. The highest BCUT2D eigenvalue weighted by molar-refractivity contribution is 6.53. The number of carbonyl (C=O) groups is 1. The monoisotopic (exact) mass is 244 g/mol. The number of aromatic nitrogens is 1. The van der Waals surface area contributed by atoms with E-state index in [4.69, 9.17) is 23.2 Å². The maximum absolute atomic E-state index is 11.8. The quantitative estimate of drug-likeness (QED) is 0.813. The Morgan fingerprint density at radius 3 is 2.73 bits per heavy atom. The van der Waals surface area contributed by atoms with Crippen LogP contribution in [0.15, 0.2) is 24.5 Å². The Morgan fingerprint density at radius 1 is 1.60 bits per heavy atom. The van der Waals surface area contributed by atoms with Crippen molar-refractivity contribution in [2.24, 2.45) is 5.41 Å². The van der Waals surface area contributed by atoms with Crippen LogP contribution in [0.5, 0.6) is 0 Å². The zero-order chi connectivity index (χ0) is 11.1. The van der Waals surface area contributed by atoms with Crippen LogP contribution in [0, 0.1) is 5.41 Å². The minimum absolute atomic E-state index is 0.166. The molecule has 15 heavy (non-hydrogen) atoms. The molecule has 3 nitrogen and oxygen atoms in total. The molecule has 1 aliphatic rings. The van der Waals surface area contributed by atoms with Crippen LogP contribution in [0.1, 0.15) is 13.3 Å². The highest BCUT2D eigenvalue weighted by Gasteiger charge is 2.67. The van der Waals surface area contributed by atoms with E-state index in [-0.39, 0.29) is 5.91 Å². The Labute approximate surface area is 97.8 Å². The van der Waals surface area contributed by atoms with Gasteiger partial charge in [0.2, 0.25) is 5.91 Å². The number of carbonyl (C=O) groups excluding carboxylic acids is 1. The molecule has 1 unspecified atom stereocenters. The Morgan fingerprint density at radius 2 is 2.27 bits per heavy atom. The topological polar surface area (TPSA) is 42.0 Å². The lowest BCUT2D eigenvalue weighted by Crippen LogP contribution is -2.25. The molecule has 0 bridgehead atoms. The molecule has 0 aliphatic heterocycles. The molecule has 1 saturated carbocycles. The SMILES string of the molecule is CC1(C(=O)Nc2cccnc2)CC1(Cl)Cl. The van der Waals surface area contributed by atoms with Gasteiger partial charge >= 0.3 is 0 Å². The minimum Gasteiger partial charge on any atom is -0.324 e. The zero-order valence-electron chi connectivity index (χ0n) is 8.13. The molecule has 1 atom stereocenters. The number of nitrogens with one attached hydrogen (secondary N) is 1. The van der Waals surface area contributed by atoms with Crippen LogP contribution in [0.4, 0.5) is 5.69 Å². The fourth-order valence-corrected chi connectivity index (χ4v) is 2.06. The lowest BCUT2D eigenvalue weighted by atomic mass is 10.1. The number of hydrogen-bond acceptors (Lipinski definition) is 2. The standard InChI is InChI=1S/C10H10Cl2N2O/c1-9(6-10(9,11)12)8(15)14-7-3-2-4-13-5-7/h2-5H,6H2,1H3,(H,14,15). The third-order valence-electron chi connectivity index (χ3n) is 2.68. The summed E-state index contributed by atoms with van der Waals surface area (Å²) < 4.78 is -0.931. The van der Waals surface area contributed by atoms with Crippen LogP contribution in [0.2, 0.25) is 0 Å². The fraction of sp³-hybridized carbons (Fsp3) is 0.400. The first-order valence-corrected chi connectivity index (χ1v) is 5.31. The Balaban J connectivity index is 2.07. The van der Waals surface area contributed by atoms with Crippen molar-refractivity contribution < 1.29 is 4.79 Å². The van der Waals surface area contributed by atoms with E-state index in [2.05, 4.69) is 10.3 Å². The molecular formula is C10H10Cl2N2O. The summed E-state index contributed by atoms with van der Waals surface area (Å²) in [4.78, 5) is 15.7. The number of amides is 1. The van der Waals surface area contributed by atoms with Crippen LogP contribution in [0.25, 0.3) is 0 Å². The first-order valence-electron chi connectivity index (χ1n) is 4.55. The molecule has 1 N–H and O–H groups in total. The molecule has 0 saturated heterocycles. The van der Waals surface area contributed by atoms with Gasteiger partial charge in [-0.2, -0.15) is 0 Å². The normalized spacial score (nSPS) is 27.1. The van der Waals surface area contributed by atoms with Gasteiger partial charge in [-0.3, -0.25) is 9.78 Å². The zero-order valence-corrected chi connectivity index (χ0v) is 9.64. The largest absolute Gasteiger partial charge is 0.324 e. The van der Waals surface area contributed by atoms with Crippen molar-refractivity contribution in [1.82, 2.24) is 4.98 Å². The number of nitrogens with zero attached hydrogens (tertiary/aromatic N) is 1. The predicted octanol–water partition coefficient (Wildman–Crippen LogP) is 2.60. The summed E-state index contributed by atoms with van der Waals surface area (Å²) in [6.07, 6.45) is 3.70. The van der Waals surface area contributed by atoms with Gasteiger partial charge < -0.3 is 5.32 Å². The molecule has 1 aliphatic carbocycles. The van der Waals surface area contributed by atoms with E-state index < -0.39 is 9.75 Å². The van der Waals surface area contributed by atoms with Gasteiger partial charge in [-0.1, -0.05) is 0 Å². The van der Waals surface area contributed by atoms with Gasteiger partial charge in [-0.05, 0) is 25.5 Å². The summed E-state index contributed by atoms with van der Waals surface area (Å²) in [6, 6.07) is 3.51. The second kappa shape index (κ2) is 3.35. The molecule has 80 valence electrons. The number of anilines is 1. The van der Waals surface area contributed by atoms with Crippen LogP contribution in [-0.2, 0) is 4.79 Å². The van der Waals surface area contributed by atoms with Gasteiger partial charge in [0, 0.05) is 6.20 Å². The number of halogens is 2. The highest BCUT2D eigenvalue weighted by Crippen LogP contribution is 2.64. The molecule has 0 spiro atoms. The van der Waals surface area contributed by atoms with E-state index in [9.17, 15) is 4.79 Å². The van der Waals surface area contributed by atoms with Gasteiger partial charge in [0.05, 0.1) is 17.3 Å². The third kappa shape index (κ3) is 1.82. The summed E-state index contributed by atoms with van der Waals surface area (Å²) in [7, 11) is 0. The second-order valence-electron chi connectivity index (χ2n) is 3.91. The number of pyridine rings is 1. The summed E-state index contributed by atoms with van der Waals surface area (Å²) in [5, 5.41) is 2.73. The molecule has 0 aromatic carbocycles. The van der Waals surface area contributed by atoms with E-state index in [0.717, 1.165) is 0 Å². The number of rotatable bonds is 2. The second-order valence-corrected chi connectivity index (χ2v) is 5.39. The van der Waals surface area contributed by atoms with E-state index in [0.29, 0.717) is 12.1 Å². The smallest absolute Gasteiger partial charge is 0.233 e. The Hall–Kier alpha value is -0.800. The van der Waals surface area contributed by atoms with Crippen molar-refractivity contribution in [3.05, 3.63) is 24.5 Å². The molecule has 1 heterocycles. The first-order chi connectivity index (χ1) is 6.96. The molecular weight excluding hydrogens is 235 g/mol. The van der Waals surface area contributed by atoms with E-state index in [1.54, 1.807) is 31.5 Å². The molecule has 1 aromatic rings. The summed E-state index contributed by atoms with van der Waals surface area (Å²) in [5.74, 6) is -0.166. The lowest BCUT2D eigenvalue weighted by molar-refractivity contribution is -0.120. The molecule has 0 radical (unpaired) electrons. The van der Waals surface area contributed by atoms with Gasteiger partial charge in [0.15, 0.2) is 0 Å². The van der Waals surface area contributed by atoms with E-state index in [1.165, 1.54) is 0 Å². The average Bonchev–Trinajstić information content (AvgIpc) is 2.69. The summed E-state index contributed by atoms with van der Waals surface area (Å²) >= 11 is 11.8. The average molecular weight is 245 g/mol. The van der Waals surface area contributed by atoms with Crippen molar-refractivity contribution in [3.8, 4) is 0 Å². The van der Waals surface area contributed by atoms with Crippen LogP contribution in [-0.4, -0.2) is 15.2 Å². The van der Waals surface area contributed by atoms with E-state index >= 15 is 0 Å². The molecule has 1 amide bonds. The maximum atomic E-state index is 11.8. The molecule has 1 aromatic heterocycles. The molecule has 1 fully saturated rings. The minimum atomic E-state index is -0.931. The first kappa shape index (κ1) is 10.7. The fourth-order valence-electron chi connectivity index (χ4n) is 1.35. The Kier molecular flexibility index (Phi) is 2.40.